The van der Waals surface area contributed by atoms with E-state index in [1.54, 1.807) is 26.4 Å². The van der Waals surface area contributed by atoms with Gasteiger partial charge in [-0.1, -0.05) is 52.4 Å². The van der Waals surface area contributed by atoms with Crippen LogP contribution in [0.1, 0.15) is 65.2 Å². The van der Waals surface area contributed by atoms with Gasteiger partial charge in [-0.15, -0.1) is 0 Å². The minimum Gasteiger partial charge on any atom is -0.406 e. The molecule has 1 rings (SSSR count). The Balaban J connectivity index is 2.73. The average Bonchev–Trinajstić information content (AvgIpc) is 2.66. The molecule has 0 spiro atoms. The molecule has 0 saturated heterocycles. The van der Waals surface area contributed by atoms with E-state index < -0.39 is 6.09 Å². The molecule has 0 N–H and O–H groups in total. The van der Waals surface area contributed by atoms with Gasteiger partial charge in [0.2, 0.25) is 0 Å². The van der Waals surface area contributed by atoms with E-state index in [9.17, 15) is 4.79 Å². The number of ether oxygens (including phenoxy) is 1. The number of carbonyl (C=O) groups excluding carboxylic acids is 1. The van der Waals surface area contributed by atoms with Gasteiger partial charge in [0.05, 0.1) is 12.5 Å². The van der Waals surface area contributed by atoms with Crippen molar-refractivity contribution in [3.63, 3.8) is 0 Å². The Kier molecular flexibility index (Phi) is 11.9. The van der Waals surface area contributed by atoms with Crippen LogP contribution in [0.4, 0.5) is 10.5 Å². The van der Waals surface area contributed by atoms with Crippen LogP contribution >= 0.6 is 0 Å². The molecule has 6 heteroatoms. The van der Waals surface area contributed by atoms with Crippen LogP contribution in [0, 0.1) is 0 Å². The van der Waals surface area contributed by atoms with Crippen LogP contribution in [-0.4, -0.2) is 54.4 Å². The lowest BCUT2D eigenvalue weighted by Gasteiger charge is -2.19. The third kappa shape index (κ3) is 9.97. The largest absolute Gasteiger partial charge is 0.414 e. The fourth-order valence-electron chi connectivity index (χ4n) is 2.60. The number of carbonyl (C=O) groups is 1. The molecule has 0 aliphatic rings. The van der Waals surface area contributed by atoms with Crippen molar-refractivity contribution >= 4 is 18.1 Å². The molecule has 0 atom stereocenters. The lowest BCUT2D eigenvalue weighted by molar-refractivity contribution is 0.172. The summed E-state index contributed by atoms with van der Waals surface area (Å²) in [6.07, 6.45) is 14.5. The Labute approximate surface area is 164 Å². The summed E-state index contributed by atoms with van der Waals surface area (Å²) in [4.78, 5) is 24.1. The van der Waals surface area contributed by atoms with Crippen molar-refractivity contribution in [1.29, 1.82) is 0 Å². The van der Waals surface area contributed by atoms with Crippen LogP contribution in [0.25, 0.3) is 0 Å². The molecule has 0 saturated carbocycles. The number of hydrogen-bond acceptors (Lipinski definition) is 4. The SMILES string of the molecule is CCCCCCN(C=Nc1ccncc1OC(=O)N(C)C)CCCCCC. The minimum absolute atomic E-state index is 0.379. The zero-order valence-corrected chi connectivity index (χ0v) is 17.5. The van der Waals surface area contributed by atoms with Crippen LogP contribution in [0.5, 0.6) is 5.75 Å². The minimum atomic E-state index is -0.435. The first-order valence-corrected chi connectivity index (χ1v) is 10.2. The fourth-order valence-corrected chi connectivity index (χ4v) is 2.60. The van der Waals surface area contributed by atoms with Gasteiger partial charge in [-0.2, -0.15) is 0 Å². The molecule has 0 bridgehead atoms. The van der Waals surface area contributed by atoms with Crippen molar-refractivity contribution in [3.8, 4) is 5.75 Å². The number of aromatic nitrogens is 1. The van der Waals surface area contributed by atoms with E-state index in [1.807, 2.05) is 6.34 Å². The van der Waals surface area contributed by atoms with Gasteiger partial charge in [0.1, 0.15) is 5.69 Å². The number of nitrogens with zero attached hydrogens (tertiary/aromatic N) is 4. The normalized spacial score (nSPS) is 11.0. The maximum atomic E-state index is 11.8. The maximum Gasteiger partial charge on any atom is 0.414 e. The Bertz CT molecular complexity index is 549. The van der Waals surface area contributed by atoms with Crippen LogP contribution in [-0.2, 0) is 0 Å². The Hall–Kier alpha value is -2.11. The van der Waals surface area contributed by atoms with Crippen LogP contribution in [0.3, 0.4) is 0 Å². The molecule has 27 heavy (non-hydrogen) atoms. The quantitative estimate of drug-likeness (QED) is 0.267. The number of hydrogen-bond donors (Lipinski definition) is 0. The first kappa shape index (κ1) is 22.9. The Morgan fingerprint density at radius 2 is 1.70 bits per heavy atom. The summed E-state index contributed by atoms with van der Waals surface area (Å²) in [6.45, 7) is 6.47. The summed E-state index contributed by atoms with van der Waals surface area (Å²) in [5, 5.41) is 0. The zero-order valence-electron chi connectivity index (χ0n) is 17.5. The van der Waals surface area contributed by atoms with Crippen molar-refractivity contribution in [2.75, 3.05) is 27.2 Å². The first-order chi connectivity index (χ1) is 13.1. The maximum absolute atomic E-state index is 11.8. The first-order valence-electron chi connectivity index (χ1n) is 10.2. The number of aliphatic imine (C=N–C) groups is 1. The third-order valence-corrected chi connectivity index (χ3v) is 4.28. The van der Waals surface area contributed by atoms with Crippen molar-refractivity contribution in [3.05, 3.63) is 18.5 Å². The van der Waals surface area contributed by atoms with Crippen molar-refractivity contribution in [2.45, 2.75) is 65.2 Å². The molecule has 1 aromatic heterocycles. The lowest BCUT2D eigenvalue weighted by atomic mass is 10.2. The molecule has 0 unspecified atom stereocenters. The van der Waals surface area contributed by atoms with E-state index in [2.05, 4.69) is 28.7 Å². The molecule has 152 valence electrons. The van der Waals surface area contributed by atoms with Crippen molar-refractivity contribution in [1.82, 2.24) is 14.8 Å². The molecule has 0 aromatic carbocycles. The van der Waals surface area contributed by atoms with Crippen LogP contribution in [0.2, 0.25) is 0 Å². The second kappa shape index (κ2) is 14.0. The van der Waals surface area contributed by atoms with Crippen molar-refractivity contribution in [2.24, 2.45) is 4.99 Å². The fraction of sp³-hybridized carbons (Fsp3) is 0.667. The molecule has 1 heterocycles. The molecule has 1 aromatic rings. The summed E-state index contributed by atoms with van der Waals surface area (Å²) in [5.41, 5.74) is 0.618. The highest BCUT2D eigenvalue weighted by atomic mass is 16.6. The van der Waals surface area contributed by atoms with E-state index in [1.165, 1.54) is 62.5 Å². The van der Waals surface area contributed by atoms with E-state index in [-0.39, 0.29) is 0 Å². The van der Waals surface area contributed by atoms with Gasteiger partial charge in [-0.05, 0) is 18.9 Å². The summed E-state index contributed by atoms with van der Waals surface area (Å²) in [7, 11) is 3.30. The zero-order chi connectivity index (χ0) is 19.9. The Morgan fingerprint density at radius 1 is 1.07 bits per heavy atom. The van der Waals surface area contributed by atoms with Gasteiger partial charge in [-0.3, -0.25) is 4.98 Å². The second-order valence-corrected chi connectivity index (χ2v) is 7.01. The van der Waals surface area contributed by atoms with Crippen LogP contribution < -0.4 is 4.74 Å². The highest BCUT2D eigenvalue weighted by molar-refractivity contribution is 5.73. The molecule has 1 amide bonds. The molecule has 0 aliphatic carbocycles. The van der Waals surface area contributed by atoms with E-state index >= 15 is 0 Å². The standard InChI is InChI=1S/C21H36N4O2/c1-5-7-9-11-15-25(16-12-10-8-6-2)18-23-19-13-14-22-17-20(19)27-21(26)24(3)4/h13-14,17-18H,5-12,15-16H2,1-4H3. The molecule has 0 radical (unpaired) electrons. The molecule has 0 aliphatic heterocycles. The average molecular weight is 377 g/mol. The van der Waals surface area contributed by atoms with E-state index in [0.29, 0.717) is 11.4 Å². The van der Waals surface area contributed by atoms with E-state index in [0.717, 1.165) is 13.1 Å². The van der Waals surface area contributed by atoms with Crippen LogP contribution in [0.15, 0.2) is 23.5 Å². The van der Waals surface area contributed by atoms with Gasteiger partial charge < -0.3 is 14.5 Å². The summed E-state index contributed by atoms with van der Waals surface area (Å²) in [5.74, 6) is 0.379. The molecule has 0 fully saturated rings. The lowest BCUT2D eigenvalue weighted by Crippen LogP contribution is -2.25. The summed E-state index contributed by atoms with van der Waals surface area (Å²) >= 11 is 0. The van der Waals surface area contributed by atoms with Gasteiger partial charge in [0.15, 0.2) is 5.75 Å². The number of unbranched alkanes of at least 4 members (excludes halogenated alkanes) is 6. The molecular formula is C21H36N4O2. The highest BCUT2D eigenvalue weighted by Gasteiger charge is 2.10. The van der Waals surface area contributed by atoms with E-state index in [4.69, 9.17) is 4.74 Å². The number of amides is 1. The number of pyridine rings is 1. The monoisotopic (exact) mass is 376 g/mol. The predicted molar refractivity (Wildman–Crippen MR) is 112 cm³/mol. The van der Waals surface area contributed by atoms with Crippen molar-refractivity contribution < 1.29 is 9.53 Å². The number of rotatable bonds is 13. The third-order valence-electron chi connectivity index (χ3n) is 4.28. The summed E-state index contributed by atoms with van der Waals surface area (Å²) in [6, 6.07) is 1.76. The van der Waals surface area contributed by atoms with Gasteiger partial charge in [0, 0.05) is 33.4 Å². The van der Waals surface area contributed by atoms with Gasteiger partial charge in [-0.25, -0.2) is 9.79 Å². The molecular weight excluding hydrogens is 340 g/mol. The topological polar surface area (TPSA) is 58.0 Å². The van der Waals surface area contributed by atoms with Gasteiger partial charge >= 0.3 is 6.09 Å². The molecule has 6 nitrogen and oxygen atoms in total. The van der Waals surface area contributed by atoms with Gasteiger partial charge in [0.25, 0.3) is 0 Å². The highest BCUT2D eigenvalue weighted by Crippen LogP contribution is 2.26. The predicted octanol–water partition coefficient (Wildman–Crippen LogP) is 5.26. The second-order valence-electron chi connectivity index (χ2n) is 7.01. The summed E-state index contributed by atoms with van der Waals surface area (Å²) < 4.78 is 5.36. The smallest absolute Gasteiger partial charge is 0.406 e. The Morgan fingerprint density at radius 3 is 2.26 bits per heavy atom.